The molecule has 0 saturated heterocycles. The molecule has 0 saturated carbocycles. The normalized spacial score (nSPS) is 10.1. The van der Waals surface area contributed by atoms with Crippen molar-refractivity contribution < 1.29 is 4.79 Å². The molecule has 0 aromatic heterocycles. The number of rotatable bonds is 1. The summed E-state index contributed by atoms with van der Waals surface area (Å²) < 4.78 is 0. The Morgan fingerprint density at radius 1 is 1.07 bits per heavy atom. The maximum Gasteiger partial charge on any atom is 0.251 e. The van der Waals surface area contributed by atoms with Gasteiger partial charge in [-0.1, -0.05) is 36.4 Å². The van der Waals surface area contributed by atoms with Crippen LogP contribution < -0.4 is 5.32 Å². The van der Waals surface area contributed by atoms with Gasteiger partial charge in [-0.2, -0.15) is 0 Å². The Kier molecular flexibility index (Phi) is 2.19. The molecule has 2 aromatic rings. The van der Waals surface area contributed by atoms with Crippen molar-refractivity contribution in [1.82, 2.24) is 5.32 Å². The molecule has 1 radical (unpaired) electrons. The van der Waals surface area contributed by atoms with Crippen LogP contribution in [0.25, 0.3) is 10.8 Å². The first-order valence-electron chi connectivity index (χ1n) is 4.38. The highest BCUT2D eigenvalue weighted by Crippen LogP contribution is 2.17. The van der Waals surface area contributed by atoms with E-state index < -0.39 is 0 Å². The minimum atomic E-state index is -0.151. The van der Waals surface area contributed by atoms with E-state index in [-0.39, 0.29) is 5.91 Å². The van der Waals surface area contributed by atoms with Crippen molar-refractivity contribution in [2.45, 2.75) is 0 Å². The van der Waals surface area contributed by atoms with Crippen molar-refractivity contribution in [3.63, 3.8) is 0 Å². The first kappa shape index (κ1) is 8.75. The third-order valence-corrected chi connectivity index (χ3v) is 2.19. The zero-order valence-electron chi connectivity index (χ0n) is 7.66. The van der Waals surface area contributed by atoms with E-state index in [1.165, 1.54) is 0 Å². The first-order chi connectivity index (χ1) is 6.83. The number of fused-ring (bicyclic) bond motifs is 1. The Bertz CT molecular complexity index is 471. The predicted octanol–water partition coefficient (Wildman–Crippen LogP) is 2.36. The van der Waals surface area contributed by atoms with Crippen LogP contribution in [0, 0.1) is 7.05 Å². The fourth-order valence-electron chi connectivity index (χ4n) is 1.52. The summed E-state index contributed by atoms with van der Waals surface area (Å²) in [6.45, 7) is 0. The molecule has 0 heterocycles. The first-order valence-corrected chi connectivity index (χ1v) is 4.38. The molecular weight excluding hydrogens is 174 g/mol. The van der Waals surface area contributed by atoms with Crippen LogP contribution >= 0.6 is 0 Å². The monoisotopic (exact) mass is 184 g/mol. The number of benzene rings is 2. The molecule has 0 aliphatic carbocycles. The van der Waals surface area contributed by atoms with Gasteiger partial charge < -0.3 is 5.32 Å². The maximum absolute atomic E-state index is 11.5. The Morgan fingerprint density at radius 3 is 2.57 bits per heavy atom. The molecule has 1 amide bonds. The molecule has 0 aliphatic heterocycles. The SMILES string of the molecule is [CH2]NC(=O)c1cccc2ccccc12. The van der Waals surface area contributed by atoms with E-state index >= 15 is 0 Å². The largest absolute Gasteiger partial charge is 0.350 e. The van der Waals surface area contributed by atoms with Gasteiger partial charge in [0.15, 0.2) is 0 Å². The molecule has 0 fully saturated rings. The van der Waals surface area contributed by atoms with Gasteiger partial charge in [0.25, 0.3) is 5.91 Å². The minimum absolute atomic E-state index is 0.151. The van der Waals surface area contributed by atoms with Crippen molar-refractivity contribution >= 4 is 16.7 Å². The Morgan fingerprint density at radius 2 is 1.79 bits per heavy atom. The van der Waals surface area contributed by atoms with Crippen LogP contribution in [0.3, 0.4) is 0 Å². The molecule has 2 nitrogen and oxygen atoms in total. The Balaban J connectivity index is 2.71. The summed E-state index contributed by atoms with van der Waals surface area (Å²) in [4.78, 5) is 11.5. The molecule has 0 atom stereocenters. The number of carbonyl (C=O) groups excluding carboxylic acids is 1. The quantitative estimate of drug-likeness (QED) is 0.724. The van der Waals surface area contributed by atoms with Crippen molar-refractivity contribution in [3.05, 3.63) is 55.1 Å². The van der Waals surface area contributed by atoms with E-state index in [9.17, 15) is 4.79 Å². The van der Waals surface area contributed by atoms with Crippen LogP contribution in [0.1, 0.15) is 10.4 Å². The summed E-state index contributed by atoms with van der Waals surface area (Å²) >= 11 is 0. The van der Waals surface area contributed by atoms with Crippen molar-refractivity contribution in [2.24, 2.45) is 0 Å². The summed E-state index contributed by atoms with van der Waals surface area (Å²) in [5.41, 5.74) is 0.665. The molecule has 1 N–H and O–H groups in total. The summed E-state index contributed by atoms with van der Waals surface area (Å²) in [5, 5.41) is 4.40. The number of carbonyl (C=O) groups is 1. The van der Waals surface area contributed by atoms with Gasteiger partial charge in [0, 0.05) is 12.6 Å². The Hall–Kier alpha value is -1.83. The zero-order valence-corrected chi connectivity index (χ0v) is 7.66. The van der Waals surface area contributed by atoms with E-state index in [2.05, 4.69) is 12.4 Å². The number of hydrogen-bond donors (Lipinski definition) is 1. The third kappa shape index (κ3) is 1.35. The molecule has 0 spiro atoms. The molecule has 0 aliphatic rings. The number of hydrogen-bond acceptors (Lipinski definition) is 1. The molecule has 2 rings (SSSR count). The van der Waals surface area contributed by atoms with Crippen LogP contribution in [0.5, 0.6) is 0 Å². The molecule has 69 valence electrons. The van der Waals surface area contributed by atoms with Crippen molar-refractivity contribution in [3.8, 4) is 0 Å². The van der Waals surface area contributed by atoms with Gasteiger partial charge in [0.05, 0.1) is 0 Å². The van der Waals surface area contributed by atoms with Crippen LogP contribution in [-0.2, 0) is 0 Å². The highest BCUT2D eigenvalue weighted by atomic mass is 16.1. The summed E-state index contributed by atoms with van der Waals surface area (Å²) in [7, 11) is 3.37. The predicted molar refractivity (Wildman–Crippen MR) is 56.8 cm³/mol. The van der Waals surface area contributed by atoms with E-state index in [0.717, 1.165) is 10.8 Å². The lowest BCUT2D eigenvalue weighted by atomic mass is 10.0. The second kappa shape index (κ2) is 3.50. The van der Waals surface area contributed by atoms with E-state index in [0.29, 0.717) is 5.56 Å². The minimum Gasteiger partial charge on any atom is -0.350 e. The van der Waals surface area contributed by atoms with Gasteiger partial charge in [-0.3, -0.25) is 4.79 Å². The topological polar surface area (TPSA) is 29.1 Å². The van der Waals surface area contributed by atoms with Gasteiger partial charge in [-0.25, -0.2) is 0 Å². The van der Waals surface area contributed by atoms with E-state index in [1.54, 1.807) is 6.07 Å². The fraction of sp³-hybridized carbons (Fsp3) is 0. The average Bonchev–Trinajstić information content (AvgIpc) is 2.27. The van der Waals surface area contributed by atoms with Crippen LogP contribution in [-0.4, -0.2) is 5.91 Å². The van der Waals surface area contributed by atoms with Crippen molar-refractivity contribution in [1.29, 1.82) is 0 Å². The van der Waals surface area contributed by atoms with Crippen LogP contribution in [0.4, 0.5) is 0 Å². The standard InChI is InChI=1S/C12H10NO/c1-13-12(14)11-8-4-6-9-5-2-3-7-10(9)11/h2-8H,1H2,(H,13,14). The van der Waals surface area contributed by atoms with Crippen LogP contribution in [0.15, 0.2) is 42.5 Å². The van der Waals surface area contributed by atoms with Gasteiger partial charge >= 0.3 is 0 Å². The molecule has 14 heavy (non-hydrogen) atoms. The molecule has 2 heteroatoms. The molecule has 2 aromatic carbocycles. The Labute approximate surface area is 82.6 Å². The number of nitrogens with one attached hydrogen (secondary N) is 1. The smallest absolute Gasteiger partial charge is 0.251 e. The lowest BCUT2D eigenvalue weighted by Crippen LogP contribution is -2.15. The average molecular weight is 184 g/mol. The maximum atomic E-state index is 11.5. The van der Waals surface area contributed by atoms with Gasteiger partial charge in [-0.05, 0) is 16.8 Å². The highest BCUT2D eigenvalue weighted by molar-refractivity contribution is 6.07. The zero-order chi connectivity index (χ0) is 9.97. The van der Waals surface area contributed by atoms with Gasteiger partial charge in [0.1, 0.15) is 0 Å². The molecule has 0 unspecified atom stereocenters. The van der Waals surface area contributed by atoms with Gasteiger partial charge in [-0.15, -0.1) is 0 Å². The summed E-state index contributed by atoms with van der Waals surface area (Å²) in [5.74, 6) is -0.151. The third-order valence-electron chi connectivity index (χ3n) is 2.19. The second-order valence-corrected chi connectivity index (χ2v) is 3.03. The lowest BCUT2D eigenvalue weighted by molar-refractivity contribution is 0.0970. The second-order valence-electron chi connectivity index (χ2n) is 3.03. The molecular formula is C12H10NO. The van der Waals surface area contributed by atoms with Gasteiger partial charge in [0.2, 0.25) is 0 Å². The van der Waals surface area contributed by atoms with E-state index in [4.69, 9.17) is 0 Å². The lowest BCUT2D eigenvalue weighted by Gasteiger charge is -2.03. The molecule has 0 bridgehead atoms. The fourth-order valence-corrected chi connectivity index (χ4v) is 1.52. The highest BCUT2D eigenvalue weighted by Gasteiger charge is 2.06. The van der Waals surface area contributed by atoms with E-state index in [1.807, 2.05) is 36.4 Å². The number of amides is 1. The summed E-state index contributed by atoms with van der Waals surface area (Å²) in [6.07, 6.45) is 0. The summed E-state index contributed by atoms with van der Waals surface area (Å²) in [6, 6.07) is 13.4. The van der Waals surface area contributed by atoms with Crippen LogP contribution in [0.2, 0.25) is 0 Å². The van der Waals surface area contributed by atoms with Crippen molar-refractivity contribution in [2.75, 3.05) is 0 Å².